The van der Waals surface area contributed by atoms with Crippen LogP contribution in [0.2, 0.25) is 0 Å². The number of carboxylic acid groups (broad SMARTS) is 1. The van der Waals surface area contributed by atoms with Crippen molar-refractivity contribution in [2.45, 2.75) is 55.3 Å². The second-order valence-corrected chi connectivity index (χ2v) is 11.0. The molecule has 3 unspecified atom stereocenters. The van der Waals surface area contributed by atoms with Crippen LogP contribution in [0.1, 0.15) is 42.0 Å². The second kappa shape index (κ2) is 13.0. The van der Waals surface area contributed by atoms with Gasteiger partial charge in [-0.05, 0) is 70.0 Å². The maximum atomic E-state index is 13.2. The van der Waals surface area contributed by atoms with Gasteiger partial charge >= 0.3 is 6.18 Å². The highest BCUT2D eigenvalue weighted by molar-refractivity contribution is 7.92. The van der Waals surface area contributed by atoms with Gasteiger partial charge in [0, 0.05) is 18.3 Å². The number of pyridine rings is 1. The summed E-state index contributed by atoms with van der Waals surface area (Å²) in [7, 11) is -0.106. The van der Waals surface area contributed by atoms with E-state index in [4.69, 9.17) is 14.6 Å². The van der Waals surface area contributed by atoms with E-state index in [9.17, 15) is 21.6 Å². The van der Waals surface area contributed by atoms with Crippen molar-refractivity contribution in [1.29, 1.82) is 0 Å². The molecule has 0 bridgehead atoms. The molecular weight excluding hydrogens is 551 g/mol. The Morgan fingerprint density at radius 1 is 1.15 bits per heavy atom. The Morgan fingerprint density at radius 2 is 1.88 bits per heavy atom. The highest BCUT2D eigenvalue weighted by atomic mass is 32.2. The van der Waals surface area contributed by atoms with Crippen LogP contribution in [0, 0.1) is 6.92 Å². The van der Waals surface area contributed by atoms with Gasteiger partial charge in [0.25, 0.3) is 16.5 Å². The zero-order chi connectivity index (χ0) is 29.5. The van der Waals surface area contributed by atoms with Gasteiger partial charge in [-0.3, -0.25) is 9.52 Å². The third kappa shape index (κ3) is 7.88. The topological polar surface area (TPSA) is 135 Å². The van der Waals surface area contributed by atoms with Crippen molar-refractivity contribution in [2.24, 2.45) is 0 Å². The van der Waals surface area contributed by atoms with E-state index in [1.54, 1.807) is 13.0 Å². The summed E-state index contributed by atoms with van der Waals surface area (Å²) in [6.45, 7) is 1.33. The molecule has 0 radical (unpaired) electrons. The van der Waals surface area contributed by atoms with Crippen molar-refractivity contribution >= 4 is 22.3 Å². The van der Waals surface area contributed by atoms with Crippen molar-refractivity contribution in [3.63, 3.8) is 0 Å². The number of nitrogens with zero attached hydrogens (tertiary/aromatic N) is 4. The quantitative estimate of drug-likeness (QED) is 0.391. The highest BCUT2D eigenvalue weighted by Crippen LogP contribution is 2.38. The molecule has 216 valence electrons. The largest absolute Gasteiger partial charge is 0.483 e. The molecular formula is C26H30F3N5O5S. The van der Waals surface area contributed by atoms with Crippen molar-refractivity contribution in [2.75, 3.05) is 18.8 Å². The Morgan fingerprint density at radius 3 is 2.48 bits per heavy atom. The maximum absolute atomic E-state index is 13.2. The Balaban J connectivity index is 0.00000141. The summed E-state index contributed by atoms with van der Waals surface area (Å²) in [6, 6.07) is 9.82. The van der Waals surface area contributed by atoms with Crippen molar-refractivity contribution in [1.82, 2.24) is 19.9 Å². The molecule has 0 spiro atoms. The summed E-state index contributed by atoms with van der Waals surface area (Å²) >= 11 is 0. The first-order valence-corrected chi connectivity index (χ1v) is 13.7. The summed E-state index contributed by atoms with van der Waals surface area (Å²) in [5, 5.41) is 6.89. The van der Waals surface area contributed by atoms with Crippen LogP contribution in [-0.2, 0) is 21.0 Å². The standard InChI is InChI=1S/C25H28F3N5O3S.CH2O2/c1-16-22(37(34,35)32-23-11-12-29-15-30-23)9-10-24(31-16)36-21-8-7-18(14-20(21)33(2)3)17-5-4-6-19(13-17)25(26,27)28;2-1-3/h4-6,9-13,15,18,20-21H,7-8,14H2,1-3H3,(H,29,30,32);1H,(H,2,3). The molecule has 10 nitrogen and oxygen atoms in total. The SMILES string of the molecule is Cc1nc(OC2CCC(c3cccc(C(F)(F)F)c3)CC2N(C)C)ccc1S(=O)(=O)Nc1ccncn1.O=CO. The molecule has 2 aromatic heterocycles. The van der Waals surface area contributed by atoms with Crippen molar-refractivity contribution in [3.8, 4) is 5.88 Å². The normalized spacial score (nSPS) is 19.3. The minimum absolute atomic E-state index is 0.00382. The molecule has 1 fully saturated rings. The molecule has 1 saturated carbocycles. The number of aryl methyl sites for hydroxylation is 1. The van der Waals surface area contributed by atoms with Gasteiger partial charge in [0.1, 0.15) is 23.1 Å². The Hall–Kier alpha value is -3.78. The fraction of sp³-hybridized carbons (Fsp3) is 0.385. The number of sulfonamides is 1. The molecule has 40 heavy (non-hydrogen) atoms. The lowest BCUT2D eigenvalue weighted by Gasteiger charge is -2.39. The zero-order valence-corrected chi connectivity index (χ0v) is 22.9. The number of aromatic nitrogens is 3. The number of halogens is 3. The van der Waals surface area contributed by atoms with Crippen LogP contribution >= 0.6 is 0 Å². The highest BCUT2D eigenvalue weighted by Gasteiger charge is 2.36. The Bertz CT molecular complexity index is 1390. The molecule has 14 heteroatoms. The number of benzene rings is 1. The van der Waals surface area contributed by atoms with E-state index in [0.29, 0.717) is 24.8 Å². The monoisotopic (exact) mass is 581 g/mol. The summed E-state index contributed by atoms with van der Waals surface area (Å²) in [6.07, 6.45) is -0.0910. The van der Waals surface area contributed by atoms with Gasteiger partial charge in [-0.2, -0.15) is 13.2 Å². The number of hydrogen-bond donors (Lipinski definition) is 2. The van der Waals surface area contributed by atoms with E-state index in [1.165, 1.54) is 42.9 Å². The average molecular weight is 582 g/mol. The lowest BCUT2D eigenvalue weighted by atomic mass is 9.79. The first kappa shape index (κ1) is 30.8. The molecule has 1 aliphatic rings. The van der Waals surface area contributed by atoms with Gasteiger partial charge < -0.3 is 14.7 Å². The summed E-state index contributed by atoms with van der Waals surface area (Å²) in [4.78, 5) is 22.4. The van der Waals surface area contributed by atoms with E-state index >= 15 is 0 Å². The fourth-order valence-corrected chi connectivity index (χ4v) is 5.83. The van der Waals surface area contributed by atoms with Gasteiger partial charge in [0.15, 0.2) is 0 Å². The zero-order valence-electron chi connectivity index (χ0n) is 22.0. The molecule has 1 aliphatic carbocycles. The van der Waals surface area contributed by atoms with E-state index in [1.807, 2.05) is 19.0 Å². The fourth-order valence-electron chi connectivity index (χ4n) is 4.65. The number of carbonyl (C=O) groups is 1. The van der Waals surface area contributed by atoms with E-state index in [0.717, 1.165) is 6.07 Å². The van der Waals surface area contributed by atoms with Crippen LogP contribution in [0.4, 0.5) is 19.0 Å². The number of hydrogen-bond acceptors (Lipinski definition) is 8. The summed E-state index contributed by atoms with van der Waals surface area (Å²) < 4.78 is 73.8. The molecule has 3 atom stereocenters. The number of alkyl halides is 3. The van der Waals surface area contributed by atoms with Gasteiger partial charge in [-0.15, -0.1) is 0 Å². The summed E-state index contributed by atoms with van der Waals surface area (Å²) in [5.41, 5.74) is 0.284. The predicted molar refractivity (Wildman–Crippen MR) is 140 cm³/mol. The lowest BCUT2D eigenvalue weighted by Crippen LogP contribution is -2.46. The third-order valence-electron chi connectivity index (χ3n) is 6.50. The first-order chi connectivity index (χ1) is 18.9. The van der Waals surface area contributed by atoms with Gasteiger partial charge in [0.05, 0.1) is 11.3 Å². The van der Waals surface area contributed by atoms with Crippen molar-refractivity contribution in [3.05, 3.63) is 71.8 Å². The van der Waals surface area contributed by atoms with E-state index in [-0.39, 0.29) is 46.8 Å². The minimum atomic E-state index is -4.38. The number of likely N-dealkylation sites (N-methyl/N-ethyl adjacent to an activating group) is 1. The number of rotatable bonds is 7. The van der Waals surface area contributed by atoms with Gasteiger partial charge in [0.2, 0.25) is 5.88 Å². The van der Waals surface area contributed by atoms with E-state index in [2.05, 4.69) is 19.7 Å². The molecule has 2 heterocycles. The van der Waals surface area contributed by atoms with Crippen LogP contribution in [0.5, 0.6) is 5.88 Å². The second-order valence-electron chi connectivity index (χ2n) is 9.36. The van der Waals surface area contributed by atoms with Gasteiger partial charge in [-0.25, -0.2) is 23.4 Å². The number of anilines is 1. The van der Waals surface area contributed by atoms with Crippen LogP contribution in [0.15, 0.2) is 59.9 Å². The van der Waals surface area contributed by atoms with Crippen LogP contribution in [0.25, 0.3) is 0 Å². The number of ether oxygens (including phenoxy) is 1. The first-order valence-electron chi connectivity index (χ1n) is 12.2. The predicted octanol–water partition coefficient (Wildman–Crippen LogP) is 4.35. The van der Waals surface area contributed by atoms with Crippen molar-refractivity contribution < 1.29 is 36.2 Å². The van der Waals surface area contributed by atoms with Gasteiger partial charge in [-0.1, -0.05) is 18.2 Å². The average Bonchev–Trinajstić information content (AvgIpc) is 2.89. The molecule has 4 rings (SSSR count). The molecule has 2 N–H and O–H groups in total. The summed E-state index contributed by atoms with van der Waals surface area (Å²) in [5.74, 6) is 0.388. The molecule has 3 aromatic rings. The number of nitrogens with one attached hydrogen (secondary N) is 1. The Labute approximate surface area is 230 Å². The Kier molecular flexibility index (Phi) is 10.0. The minimum Gasteiger partial charge on any atom is -0.483 e. The maximum Gasteiger partial charge on any atom is 0.416 e. The lowest BCUT2D eigenvalue weighted by molar-refractivity contribution is -0.137. The molecule has 1 aromatic carbocycles. The van der Waals surface area contributed by atoms with Crippen LogP contribution in [-0.4, -0.2) is 66.1 Å². The van der Waals surface area contributed by atoms with Crippen LogP contribution < -0.4 is 9.46 Å². The third-order valence-corrected chi connectivity index (χ3v) is 7.99. The molecule has 0 saturated heterocycles. The molecule has 0 aliphatic heterocycles. The van der Waals surface area contributed by atoms with Crippen LogP contribution in [0.3, 0.4) is 0 Å². The smallest absolute Gasteiger partial charge is 0.416 e. The van der Waals surface area contributed by atoms with E-state index < -0.39 is 21.8 Å². The molecule has 0 amide bonds.